The van der Waals surface area contributed by atoms with Gasteiger partial charge in [0.1, 0.15) is 39.9 Å². The fourth-order valence-electron chi connectivity index (χ4n) is 4.86. The maximum Gasteiger partial charge on any atom is 0.414 e. The van der Waals surface area contributed by atoms with Gasteiger partial charge >= 0.3 is 24.1 Å². The molecule has 0 aliphatic heterocycles. The van der Waals surface area contributed by atoms with Crippen LogP contribution in [0.25, 0.3) is 0 Å². The standard InChI is InChI=1S/C43H55ClN4O10/c1-40(2,3)55-30-20-13-26(14-21-30)23-33(36(51)56-41(4,5)6)46-34(49)24-28-17-22-31(25-32(28)44)54-35(50)27-15-18-29(19-16-27)45-37(47-38(52)57-42(7,8)9)48-39(53)58-43(10,11)12/h13-22,25,33H,23-24H2,1-12H3,(H,46,49)(H2,45,47,48,52,53)/t33-/m0/s1. The van der Waals surface area contributed by atoms with Crippen LogP contribution in [0.2, 0.25) is 5.02 Å². The molecule has 0 aliphatic carbocycles. The molecular weight excluding hydrogens is 768 g/mol. The average molecular weight is 823 g/mol. The van der Waals surface area contributed by atoms with Crippen molar-refractivity contribution in [2.24, 2.45) is 4.99 Å². The van der Waals surface area contributed by atoms with Gasteiger partial charge in [0.25, 0.3) is 0 Å². The molecule has 314 valence electrons. The molecule has 3 aromatic rings. The molecule has 58 heavy (non-hydrogen) atoms. The van der Waals surface area contributed by atoms with E-state index in [0.29, 0.717) is 11.3 Å². The van der Waals surface area contributed by atoms with Crippen molar-refractivity contribution in [3.05, 3.63) is 88.4 Å². The lowest BCUT2D eigenvalue weighted by atomic mass is 10.0. The van der Waals surface area contributed by atoms with E-state index >= 15 is 0 Å². The summed E-state index contributed by atoms with van der Waals surface area (Å²) in [6, 6.07) is 16.6. The Hall–Kier alpha value is -5.63. The number of amides is 3. The summed E-state index contributed by atoms with van der Waals surface area (Å²) >= 11 is 6.52. The van der Waals surface area contributed by atoms with Gasteiger partial charge in [-0.3, -0.25) is 15.4 Å². The second-order valence-electron chi connectivity index (χ2n) is 17.3. The summed E-state index contributed by atoms with van der Waals surface area (Å²) in [5.41, 5.74) is -1.13. The molecule has 15 heteroatoms. The van der Waals surface area contributed by atoms with Crippen LogP contribution in [0, 0.1) is 0 Å². The van der Waals surface area contributed by atoms with E-state index in [9.17, 15) is 24.0 Å². The van der Waals surface area contributed by atoms with Gasteiger partial charge in [-0.15, -0.1) is 0 Å². The van der Waals surface area contributed by atoms with Crippen molar-refractivity contribution in [3.8, 4) is 11.5 Å². The van der Waals surface area contributed by atoms with Crippen molar-refractivity contribution < 1.29 is 47.7 Å². The number of hydrogen-bond acceptors (Lipinski definition) is 11. The number of carbonyl (C=O) groups is 5. The van der Waals surface area contributed by atoms with E-state index in [4.69, 9.17) is 35.3 Å². The Morgan fingerprint density at radius 3 is 1.66 bits per heavy atom. The third-order valence-electron chi connectivity index (χ3n) is 6.98. The number of alkyl carbamates (subject to hydrolysis) is 2. The Labute approximate surface area is 345 Å². The molecule has 0 aliphatic rings. The van der Waals surface area contributed by atoms with Crippen LogP contribution in [0.4, 0.5) is 15.3 Å². The van der Waals surface area contributed by atoms with Crippen molar-refractivity contribution in [1.29, 1.82) is 0 Å². The van der Waals surface area contributed by atoms with Gasteiger partial charge in [0.15, 0.2) is 0 Å². The van der Waals surface area contributed by atoms with Crippen molar-refractivity contribution in [3.63, 3.8) is 0 Å². The Bertz CT molecular complexity index is 1940. The molecule has 0 unspecified atom stereocenters. The molecule has 0 saturated carbocycles. The van der Waals surface area contributed by atoms with Gasteiger partial charge in [-0.05, 0) is 143 Å². The van der Waals surface area contributed by atoms with Crippen LogP contribution in [0.15, 0.2) is 71.7 Å². The summed E-state index contributed by atoms with van der Waals surface area (Å²) in [5, 5.41) is 7.73. The van der Waals surface area contributed by atoms with Crippen LogP contribution < -0.4 is 25.4 Å². The number of halogens is 1. The first kappa shape index (κ1) is 46.8. The summed E-state index contributed by atoms with van der Waals surface area (Å²) in [5.74, 6) is -1.23. The van der Waals surface area contributed by atoms with Gasteiger partial charge in [-0.2, -0.15) is 0 Å². The normalized spacial score (nSPS) is 12.3. The third kappa shape index (κ3) is 17.7. The maximum atomic E-state index is 13.3. The fourth-order valence-corrected chi connectivity index (χ4v) is 5.09. The Kier molecular flexibility index (Phi) is 15.5. The number of carbonyl (C=O) groups excluding carboxylic acids is 5. The largest absolute Gasteiger partial charge is 0.488 e. The lowest BCUT2D eigenvalue weighted by molar-refractivity contribution is -0.158. The molecule has 3 rings (SSSR count). The summed E-state index contributed by atoms with van der Waals surface area (Å²) < 4.78 is 27.6. The third-order valence-corrected chi connectivity index (χ3v) is 7.33. The predicted octanol–water partition coefficient (Wildman–Crippen LogP) is 8.39. The quantitative estimate of drug-likeness (QED) is 0.0591. The smallest absolute Gasteiger partial charge is 0.414 e. The van der Waals surface area contributed by atoms with Crippen LogP contribution in [0.1, 0.15) is 105 Å². The SMILES string of the molecule is CC(C)(C)OC(=O)NC(=Nc1ccc(C(=O)Oc2ccc(CC(=O)N[C@@H](Cc3ccc(OC(C)(C)C)cc3)C(=O)OC(C)(C)C)c(Cl)c2)cc1)NC(=O)OC(C)(C)C. The summed E-state index contributed by atoms with van der Waals surface area (Å²) in [6.07, 6.45) is -1.70. The molecule has 0 bridgehead atoms. The highest BCUT2D eigenvalue weighted by Gasteiger charge is 2.28. The van der Waals surface area contributed by atoms with Crippen LogP contribution in [-0.4, -0.2) is 64.4 Å². The van der Waals surface area contributed by atoms with E-state index in [-0.39, 0.29) is 46.4 Å². The molecule has 3 amide bonds. The molecule has 0 heterocycles. The van der Waals surface area contributed by atoms with Crippen molar-refractivity contribution in [2.45, 2.75) is 124 Å². The minimum atomic E-state index is -0.980. The molecule has 0 fully saturated rings. The Morgan fingerprint density at radius 1 is 0.655 bits per heavy atom. The van der Waals surface area contributed by atoms with E-state index in [0.717, 1.165) is 5.56 Å². The first-order chi connectivity index (χ1) is 26.6. The summed E-state index contributed by atoms with van der Waals surface area (Å²) in [4.78, 5) is 68.6. The lowest BCUT2D eigenvalue weighted by Gasteiger charge is -2.25. The van der Waals surface area contributed by atoms with E-state index in [2.05, 4.69) is 20.9 Å². The summed E-state index contributed by atoms with van der Waals surface area (Å²) in [7, 11) is 0. The highest BCUT2D eigenvalue weighted by Crippen LogP contribution is 2.25. The average Bonchev–Trinajstić information content (AvgIpc) is 3.03. The number of guanidine groups is 1. The molecule has 1 atom stereocenters. The molecular formula is C43H55ClN4O10. The van der Waals surface area contributed by atoms with Crippen molar-refractivity contribution >= 4 is 53.3 Å². The minimum Gasteiger partial charge on any atom is -0.488 e. The van der Waals surface area contributed by atoms with Crippen LogP contribution in [-0.2, 0) is 36.6 Å². The zero-order chi connectivity index (χ0) is 43.6. The predicted molar refractivity (Wildman–Crippen MR) is 221 cm³/mol. The number of aliphatic imine (C=N–C) groups is 1. The van der Waals surface area contributed by atoms with Gasteiger partial charge < -0.3 is 29.0 Å². The zero-order valence-electron chi connectivity index (χ0n) is 35.3. The van der Waals surface area contributed by atoms with Gasteiger partial charge in [-0.25, -0.2) is 24.2 Å². The number of esters is 2. The topological polar surface area (TPSA) is 180 Å². The molecule has 3 N–H and O–H groups in total. The van der Waals surface area contributed by atoms with Gasteiger partial charge in [0.2, 0.25) is 11.9 Å². The van der Waals surface area contributed by atoms with Crippen LogP contribution in [0.5, 0.6) is 11.5 Å². The van der Waals surface area contributed by atoms with E-state index < -0.39 is 52.9 Å². The molecule has 0 spiro atoms. The van der Waals surface area contributed by atoms with Crippen LogP contribution in [0.3, 0.4) is 0 Å². The van der Waals surface area contributed by atoms with Gasteiger partial charge in [0.05, 0.1) is 17.7 Å². The molecule has 0 radical (unpaired) electrons. The van der Waals surface area contributed by atoms with Gasteiger partial charge in [0, 0.05) is 11.4 Å². The lowest BCUT2D eigenvalue weighted by Crippen LogP contribution is -2.47. The molecule has 3 aromatic carbocycles. The highest BCUT2D eigenvalue weighted by molar-refractivity contribution is 6.31. The number of ether oxygens (including phenoxy) is 5. The molecule has 0 saturated heterocycles. The van der Waals surface area contributed by atoms with Gasteiger partial charge in [-0.1, -0.05) is 29.8 Å². The summed E-state index contributed by atoms with van der Waals surface area (Å²) in [6.45, 7) is 21.2. The number of benzene rings is 3. The maximum absolute atomic E-state index is 13.3. The Balaban J connectivity index is 1.69. The van der Waals surface area contributed by atoms with Crippen LogP contribution >= 0.6 is 11.6 Å². The van der Waals surface area contributed by atoms with Crippen molar-refractivity contribution in [1.82, 2.24) is 16.0 Å². The monoisotopic (exact) mass is 822 g/mol. The first-order valence-electron chi connectivity index (χ1n) is 18.6. The van der Waals surface area contributed by atoms with Crippen molar-refractivity contribution in [2.75, 3.05) is 0 Å². The second kappa shape index (κ2) is 19.2. The van der Waals surface area contributed by atoms with E-state index in [1.807, 2.05) is 45.0 Å². The Morgan fingerprint density at radius 2 is 1.17 bits per heavy atom. The fraction of sp³-hybridized carbons (Fsp3) is 0.442. The second-order valence-corrected chi connectivity index (χ2v) is 17.7. The number of nitrogens with zero attached hydrogens (tertiary/aromatic N) is 1. The minimum absolute atomic E-state index is 0.122. The number of hydrogen-bond donors (Lipinski definition) is 3. The number of rotatable bonds is 10. The van der Waals surface area contributed by atoms with E-state index in [1.54, 1.807) is 68.4 Å². The first-order valence-corrected chi connectivity index (χ1v) is 19.0. The molecule has 0 aromatic heterocycles. The highest BCUT2D eigenvalue weighted by atomic mass is 35.5. The zero-order valence-corrected chi connectivity index (χ0v) is 36.0. The van der Waals surface area contributed by atoms with E-state index in [1.165, 1.54) is 36.4 Å². The number of nitrogens with one attached hydrogen (secondary N) is 3. The molecule has 14 nitrogen and oxygen atoms in total.